The first-order chi connectivity index (χ1) is 8.06. The van der Waals surface area contributed by atoms with E-state index in [2.05, 4.69) is 4.98 Å². The molecule has 0 aromatic carbocycles. The van der Waals surface area contributed by atoms with Crippen LogP contribution in [0.4, 0.5) is 0 Å². The smallest absolute Gasteiger partial charge is 0.254 e. The molecular weight excluding hydrogens is 240 g/mol. The Labute approximate surface area is 107 Å². The summed E-state index contributed by atoms with van der Waals surface area (Å²) in [7, 11) is 1.68. The molecule has 5 heteroatoms. The van der Waals surface area contributed by atoms with Gasteiger partial charge in [-0.1, -0.05) is 25.4 Å². The number of nitrogens with zero attached hydrogens (tertiary/aromatic N) is 2. The lowest BCUT2D eigenvalue weighted by atomic mass is 10.2. The Morgan fingerprint density at radius 1 is 1.47 bits per heavy atom. The SMILES string of the molecule is COCCCCn1c(C(C)C)nc(Cl)cc1=O. The van der Waals surface area contributed by atoms with Crippen LogP contribution >= 0.6 is 11.6 Å². The van der Waals surface area contributed by atoms with Crippen molar-refractivity contribution in [1.29, 1.82) is 0 Å². The molecule has 0 aliphatic heterocycles. The Hall–Kier alpha value is -0.870. The molecule has 0 spiro atoms. The van der Waals surface area contributed by atoms with E-state index in [-0.39, 0.29) is 16.6 Å². The predicted molar refractivity (Wildman–Crippen MR) is 68.7 cm³/mol. The molecule has 1 aromatic rings. The maximum absolute atomic E-state index is 11.8. The number of aromatic nitrogens is 2. The third-order valence-electron chi connectivity index (χ3n) is 2.50. The minimum absolute atomic E-state index is 0.0777. The van der Waals surface area contributed by atoms with Crippen LogP contribution in [0.5, 0.6) is 0 Å². The van der Waals surface area contributed by atoms with Gasteiger partial charge in [0.15, 0.2) is 0 Å². The molecule has 0 N–H and O–H groups in total. The lowest BCUT2D eigenvalue weighted by Crippen LogP contribution is -2.25. The fourth-order valence-corrected chi connectivity index (χ4v) is 1.86. The summed E-state index contributed by atoms with van der Waals surface area (Å²) < 4.78 is 6.68. The molecule has 0 bridgehead atoms. The first-order valence-corrected chi connectivity index (χ1v) is 6.20. The predicted octanol–water partition coefficient (Wildman–Crippen LogP) is 2.45. The van der Waals surface area contributed by atoms with E-state index >= 15 is 0 Å². The Bertz CT molecular complexity index is 415. The minimum Gasteiger partial charge on any atom is -0.385 e. The minimum atomic E-state index is -0.0777. The lowest BCUT2D eigenvalue weighted by Gasteiger charge is -2.14. The standard InChI is InChI=1S/C12H19ClN2O2/c1-9(2)12-14-10(13)8-11(16)15(12)6-4-5-7-17-3/h8-9H,4-7H2,1-3H3. The third-order valence-corrected chi connectivity index (χ3v) is 2.70. The Balaban J connectivity index is 2.85. The molecule has 0 radical (unpaired) electrons. The topological polar surface area (TPSA) is 44.1 Å². The number of rotatable bonds is 6. The van der Waals surface area contributed by atoms with Gasteiger partial charge in [0.25, 0.3) is 5.56 Å². The summed E-state index contributed by atoms with van der Waals surface area (Å²) in [5.41, 5.74) is -0.0777. The van der Waals surface area contributed by atoms with E-state index in [1.54, 1.807) is 11.7 Å². The van der Waals surface area contributed by atoms with Crippen LogP contribution in [0.1, 0.15) is 38.4 Å². The van der Waals surface area contributed by atoms with Gasteiger partial charge in [0.05, 0.1) is 0 Å². The van der Waals surface area contributed by atoms with Crippen molar-refractivity contribution in [2.24, 2.45) is 0 Å². The van der Waals surface area contributed by atoms with E-state index in [9.17, 15) is 4.79 Å². The highest BCUT2D eigenvalue weighted by molar-refractivity contribution is 6.29. The van der Waals surface area contributed by atoms with E-state index in [1.807, 2.05) is 13.8 Å². The van der Waals surface area contributed by atoms with Gasteiger partial charge < -0.3 is 4.74 Å². The maximum atomic E-state index is 11.8. The second kappa shape index (κ2) is 6.77. The third kappa shape index (κ3) is 4.13. The van der Waals surface area contributed by atoms with Crippen molar-refractivity contribution in [3.63, 3.8) is 0 Å². The highest BCUT2D eigenvalue weighted by atomic mass is 35.5. The largest absolute Gasteiger partial charge is 0.385 e. The molecule has 0 amide bonds. The van der Waals surface area contributed by atoms with Crippen molar-refractivity contribution in [1.82, 2.24) is 9.55 Å². The summed E-state index contributed by atoms with van der Waals surface area (Å²) in [5, 5.41) is 0.270. The molecule has 1 rings (SSSR count). The summed E-state index contributed by atoms with van der Waals surface area (Å²) in [4.78, 5) is 16.1. The summed E-state index contributed by atoms with van der Waals surface area (Å²) in [6.07, 6.45) is 1.83. The van der Waals surface area contributed by atoms with Crippen LogP contribution in [0.15, 0.2) is 10.9 Å². The van der Waals surface area contributed by atoms with Crippen LogP contribution in [0, 0.1) is 0 Å². The normalized spacial score (nSPS) is 11.1. The lowest BCUT2D eigenvalue weighted by molar-refractivity contribution is 0.191. The van der Waals surface area contributed by atoms with E-state index in [0.717, 1.165) is 18.7 Å². The zero-order valence-corrected chi connectivity index (χ0v) is 11.3. The fourth-order valence-electron chi connectivity index (χ4n) is 1.68. The highest BCUT2D eigenvalue weighted by Gasteiger charge is 2.10. The van der Waals surface area contributed by atoms with Gasteiger partial charge in [-0.3, -0.25) is 9.36 Å². The van der Waals surface area contributed by atoms with E-state index in [1.165, 1.54) is 6.07 Å². The molecule has 0 fully saturated rings. The van der Waals surface area contributed by atoms with E-state index in [4.69, 9.17) is 16.3 Å². The van der Waals surface area contributed by atoms with Gasteiger partial charge in [-0.15, -0.1) is 0 Å². The van der Waals surface area contributed by atoms with Crippen LogP contribution in [-0.4, -0.2) is 23.3 Å². The van der Waals surface area contributed by atoms with Crippen LogP contribution in [0.3, 0.4) is 0 Å². The molecule has 0 saturated heterocycles. The van der Waals surface area contributed by atoms with Gasteiger partial charge in [0, 0.05) is 32.2 Å². The molecular formula is C12H19ClN2O2. The van der Waals surface area contributed by atoms with Crippen molar-refractivity contribution in [2.45, 2.75) is 39.2 Å². The van der Waals surface area contributed by atoms with Gasteiger partial charge in [0.1, 0.15) is 11.0 Å². The Morgan fingerprint density at radius 3 is 2.76 bits per heavy atom. The van der Waals surface area contributed by atoms with Gasteiger partial charge in [-0.2, -0.15) is 0 Å². The quantitative estimate of drug-likeness (QED) is 0.582. The molecule has 96 valence electrons. The summed E-state index contributed by atoms with van der Waals surface area (Å²) >= 11 is 5.81. The monoisotopic (exact) mass is 258 g/mol. The number of hydrogen-bond acceptors (Lipinski definition) is 3. The number of methoxy groups -OCH3 is 1. The molecule has 4 nitrogen and oxygen atoms in total. The number of hydrogen-bond donors (Lipinski definition) is 0. The number of halogens is 1. The Kier molecular flexibility index (Phi) is 5.65. The average molecular weight is 259 g/mol. The molecule has 0 unspecified atom stereocenters. The molecule has 1 heterocycles. The van der Waals surface area contributed by atoms with Crippen molar-refractivity contribution >= 4 is 11.6 Å². The molecule has 1 aromatic heterocycles. The summed E-state index contributed by atoms with van der Waals surface area (Å²) in [6, 6.07) is 1.36. The van der Waals surface area contributed by atoms with E-state index < -0.39 is 0 Å². The van der Waals surface area contributed by atoms with Crippen molar-refractivity contribution < 1.29 is 4.74 Å². The Morgan fingerprint density at radius 2 is 2.18 bits per heavy atom. The van der Waals surface area contributed by atoms with Gasteiger partial charge >= 0.3 is 0 Å². The van der Waals surface area contributed by atoms with Gasteiger partial charge in [-0.05, 0) is 12.8 Å². The van der Waals surface area contributed by atoms with Crippen molar-refractivity contribution in [3.8, 4) is 0 Å². The molecule has 17 heavy (non-hydrogen) atoms. The molecule has 0 atom stereocenters. The first kappa shape index (κ1) is 14.2. The molecule has 0 aliphatic rings. The van der Waals surface area contributed by atoms with Gasteiger partial charge in [0.2, 0.25) is 0 Å². The van der Waals surface area contributed by atoms with Crippen LogP contribution in [-0.2, 0) is 11.3 Å². The van der Waals surface area contributed by atoms with Crippen molar-refractivity contribution in [3.05, 3.63) is 27.4 Å². The second-order valence-electron chi connectivity index (χ2n) is 4.28. The maximum Gasteiger partial charge on any atom is 0.254 e. The molecule has 0 saturated carbocycles. The fraction of sp³-hybridized carbons (Fsp3) is 0.667. The summed E-state index contributed by atoms with van der Waals surface area (Å²) in [5.74, 6) is 0.934. The highest BCUT2D eigenvalue weighted by Crippen LogP contribution is 2.13. The van der Waals surface area contributed by atoms with Crippen LogP contribution in [0.25, 0.3) is 0 Å². The summed E-state index contributed by atoms with van der Waals surface area (Å²) in [6.45, 7) is 5.39. The van der Waals surface area contributed by atoms with Crippen LogP contribution in [0.2, 0.25) is 5.15 Å². The van der Waals surface area contributed by atoms with Crippen LogP contribution < -0.4 is 5.56 Å². The first-order valence-electron chi connectivity index (χ1n) is 5.82. The van der Waals surface area contributed by atoms with Crippen molar-refractivity contribution in [2.75, 3.05) is 13.7 Å². The average Bonchev–Trinajstić information content (AvgIpc) is 2.25. The number of unbranched alkanes of at least 4 members (excludes halogenated alkanes) is 1. The number of ether oxygens (including phenoxy) is 1. The zero-order valence-electron chi connectivity index (χ0n) is 10.6. The van der Waals surface area contributed by atoms with Gasteiger partial charge in [-0.25, -0.2) is 4.98 Å². The second-order valence-corrected chi connectivity index (χ2v) is 4.67. The molecule has 0 aliphatic carbocycles. The van der Waals surface area contributed by atoms with E-state index in [0.29, 0.717) is 13.2 Å². The zero-order chi connectivity index (χ0) is 12.8.